The van der Waals surface area contributed by atoms with Gasteiger partial charge in [-0.3, -0.25) is 0 Å². The van der Waals surface area contributed by atoms with Gasteiger partial charge in [0.15, 0.2) is 11.5 Å². The Bertz CT molecular complexity index is 1960. The van der Waals surface area contributed by atoms with Gasteiger partial charge < -0.3 is 24.2 Å². The smallest absolute Gasteiger partial charge is 0.248 e. The average Bonchev–Trinajstić information content (AvgIpc) is 3.73. The van der Waals surface area contributed by atoms with Crippen LogP contribution in [0.1, 0.15) is 22.6 Å². The molecule has 0 spiro atoms. The minimum Gasteiger partial charge on any atom is -0.504 e. The van der Waals surface area contributed by atoms with E-state index in [2.05, 4.69) is 32.3 Å². The number of fused-ring (bicyclic) bond motifs is 2. The molecule has 0 atom stereocenters. The van der Waals surface area contributed by atoms with E-state index in [1.807, 2.05) is 60.9 Å². The summed E-state index contributed by atoms with van der Waals surface area (Å²) in [7, 11) is 1.50. The lowest BCUT2D eigenvalue weighted by Gasteiger charge is -2.18. The van der Waals surface area contributed by atoms with E-state index in [0.717, 1.165) is 44.1 Å². The molecule has 9 heteroatoms. The summed E-state index contributed by atoms with van der Waals surface area (Å²) in [6.07, 6.45) is 4.08. The lowest BCUT2D eigenvalue weighted by Crippen LogP contribution is -2.02. The molecule has 0 aliphatic heterocycles. The van der Waals surface area contributed by atoms with E-state index < -0.39 is 0 Å². The third kappa shape index (κ3) is 4.49. The Balaban J connectivity index is 1.30. The molecule has 3 heterocycles. The van der Waals surface area contributed by atoms with E-state index in [1.165, 1.54) is 13.2 Å². The minimum atomic E-state index is -0.121. The SMILES string of the molecule is COc1ccc(-c2nnc(-c3ccc(C(c4c[nH]c5ccc(Cl)cc45)c4c[nH]c5ccc(Cl)cc45)cc3)o2)cc1O. The second-order valence-electron chi connectivity index (χ2n) is 9.72. The number of nitrogens with zero attached hydrogens (tertiary/aromatic N) is 2. The summed E-state index contributed by atoms with van der Waals surface area (Å²) >= 11 is 12.8. The number of nitrogens with one attached hydrogen (secondary N) is 2. The monoisotopic (exact) mass is 580 g/mol. The quantitative estimate of drug-likeness (QED) is 0.183. The highest BCUT2D eigenvalue weighted by molar-refractivity contribution is 6.31. The highest BCUT2D eigenvalue weighted by atomic mass is 35.5. The fraction of sp³-hybridized carbons (Fsp3) is 0.0625. The third-order valence-corrected chi connectivity index (χ3v) is 7.79. The molecule has 0 aliphatic rings. The van der Waals surface area contributed by atoms with Crippen molar-refractivity contribution in [2.75, 3.05) is 7.11 Å². The Morgan fingerprint density at radius 3 is 1.85 bits per heavy atom. The summed E-state index contributed by atoms with van der Waals surface area (Å²) in [5.74, 6) is 0.914. The lowest BCUT2D eigenvalue weighted by atomic mass is 9.84. The van der Waals surface area contributed by atoms with Crippen molar-refractivity contribution < 1.29 is 14.3 Å². The summed E-state index contributed by atoms with van der Waals surface area (Å²) < 4.78 is 11.1. The van der Waals surface area contributed by atoms with Crippen molar-refractivity contribution in [2.24, 2.45) is 0 Å². The van der Waals surface area contributed by atoms with Crippen molar-refractivity contribution in [3.05, 3.63) is 118 Å². The molecular weight excluding hydrogens is 559 g/mol. The Morgan fingerprint density at radius 2 is 1.29 bits per heavy atom. The van der Waals surface area contributed by atoms with Crippen molar-refractivity contribution in [1.82, 2.24) is 20.2 Å². The number of halogens is 2. The molecule has 7 aromatic rings. The molecular formula is C32H22Cl2N4O3. The van der Waals surface area contributed by atoms with Gasteiger partial charge in [-0.05, 0) is 83.4 Å². The van der Waals surface area contributed by atoms with Crippen molar-refractivity contribution in [3.63, 3.8) is 0 Å². The molecule has 0 saturated heterocycles. The largest absolute Gasteiger partial charge is 0.504 e. The van der Waals surface area contributed by atoms with E-state index in [4.69, 9.17) is 32.4 Å². The summed E-state index contributed by atoms with van der Waals surface area (Å²) in [5, 5.41) is 22.0. The van der Waals surface area contributed by atoms with Crippen molar-refractivity contribution in [2.45, 2.75) is 5.92 Å². The molecule has 41 heavy (non-hydrogen) atoms. The van der Waals surface area contributed by atoms with E-state index in [0.29, 0.717) is 33.1 Å². The van der Waals surface area contributed by atoms with Crippen LogP contribution in [-0.4, -0.2) is 32.4 Å². The number of aromatic amines is 2. The molecule has 4 aromatic carbocycles. The predicted molar refractivity (Wildman–Crippen MR) is 161 cm³/mol. The summed E-state index contributed by atoms with van der Waals surface area (Å²) in [4.78, 5) is 6.80. The summed E-state index contributed by atoms with van der Waals surface area (Å²) in [5.41, 5.74) is 6.63. The lowest BCUT2D eigenvalue weighted by molar-refractivity contribution is 0.373. The number of ether oxygens (including phenoxy) is 1. The Morgan fingerprint density at radius 1 is 0.732 bits per heavy atom. The molecule has 3 aromatic heterocycles. The van der Waals surface area contributed by atoms with Gasteiger partial charge in [0.05, 0.1) is 7.11 Å². The van der Waals surface area contributed by atoms with E-state index >= 15 is 0 Å². The normalized spacial score (nSPS) is 11.6. The maximum absolute atomic E-state index is 10.1. The molecule has 3 N–H and O–H groups in total. The number of hydrogen-bond acceptors (Lipinski definition) is 5. The van der Waals surface area contributed by atoms with Gasteiger partial charge in [0.1, 0.15) is 0 Å². The van der Waals surface area contributed by atoms with Crippen LogP contribution in [-0.2, 0) is 0 Å². The Kier molecular flexibility index (Phi) is 6.18. The molecule has 7 rings (SSSR count). The Hall–Kier alpha value is -4.72. The number of aromatic nitrogens is 4. The van der Waals surface area contributed by atoms with Crippen LogP contribution >= 0.6 is 23.2 Å². The first-order valence-corrected chi connectivity index (χ1v) is 13.6. The van der Waals surface area contributed by atoms with Crippen LogP contribution in [0, 0.1) is 0 Å². The van der Waals surface area contributed by atoms with Crippen LogP contribution < -0.4 is 4.74 Å². The number of phenols is 1. The average molecular weight is 581 g/mol. The minimum absolute atomic E-state index is 0.00252. The molecule has 0 fully saturated rings. The Labute approximate surface area is 244 Å². The van der Waals surface area contributed by atoms with Crippen LogP contribution in [0.3, 0.4) is 0 Å². The van der Waals surface area contributed by atoms with Gasteiger partial charge in [-0.25, -0.2) is 0 Å². The number of methoxy groups -OCH3 is 1. The molecule has 0 radical (unpaired) electrons. The number of H-pyrrole nitrogens is 2. The van der Waals surface area contributed by atoms with Gasteiger partial charge >= 0.3 is 0 Å². The van der Waals surface area contributed by atoms with Gasteiger partial charge in [-0.2, -0.15) is 0 Å². The standard InChI is InChI=1S/C32H22Cl2N4O3/c1-40-29-11-6-19(12-28(29)39)32-38-37-31(41-32)18-4-2-17(3-5-18)30(24-15-35-26-9-7-20(33)13-22(24)26)25-16-36-27-10-8-21(34)14-23(25)27/h2-16,30,35-36,39H,1H3. The van der Waals surface area contributed by atoms with Crippen LogP contribution in [0.15, 0.2) is 95.7 Å². The maximum Gasteiger partial charge on any atom is 0.248 e. The number of aromatic hydroxyl groups is 1. The first-order valence-electron chi connectivity index (χ1n) is 12.8. The molecule has 7 nitrogen and oxygen atoms in total. The fourth-order valence-electron chi connectivity index (χ4n) is 5.33. The molecule has 0 bridgehead atoms. The fourth-order valence-corrected chi connectivity index (χ4v) is 5.68. The molecule has 0 aliphatic carbocycles. The number of hydrogen-bond donors (Lipinski definition) is 3. The predicted octanol–water partition coefficient (Wildman–Crippen LogP) is 8.57. The van der Waals surface area contributed by atoms with E-state index in [9.17, 15) is 5.11 Å². The van der Waals surface area contributed by atoms with Crippen molar-refractivity contribution in [3.8, 4) is 34.4 Å². The summed E-state index contributed by atoms with van der Waals surface area (Å²) in [6, 6.07) is 24.7. The van der Waals surface area contributed by atoms with Crippen LogP contribution in [0.4, 0.5) is 0 Å². The van der Waals surface area contributed by atoms with Crippen LogP contribution in [0.25, 0.3) is 44.7 Å². The highest BCUT2D eigenvalue weighted by Crippen LogP contribution is 2.41. The zero-order chi connectivity index (χ0) is 28.1. The number of rotatable bonds is 6. The van der Waals surface area contributed by atoms with Gasteiger partial charge in [0, 0.05) is 61.3 Å². The zero-order valence-corrected chi connectivity index (χ0v) is 23.2. The van der Waals surface area contributed by atoms with E-state index in [1.54, 1.807) is 12.1 Å². The number of benzene rings is 4. The number of phenolic OH excluding ortho intramolecular Hbond substituents is 1. The van der Waals surface area contributed by atoms with Crippen LogP contribution in [0.2, 0.25) is 10.0 Å². The van der Waals surface area contributed by atoms with Gasteiger partial charge in [-0.15, -0.1) is 10.2 Å². The maximum atomic E-state index is 10.1. The topological polar surface area (TPSA) is 100.0 Å². The van der Waals surface area contributed by atoms with Crippen LogP contribution in [0.5, 0.6) is 11.5 Å². The first-order chi connectivity index (χ1) is 20.0. The third-order valence-electron chi connectivity index (χ3n) is 7.32. The zero-order valence-electron chi connectivity index (χ0n) is 21.7. The molecule has 0 unspecified atom stereocenters. The van der Waals surface area contributed by atoms with Gasteiger partial charge in [0.25, 0.3) is 0 Å². The van der Waals surface area contributed by atoms with E-state index in [-0.39, 0.29) is 11.7 Å². The highest BCUT2D eigenvalue weighted by Gasteiger charge is 2.24. The first kappa shape index (κ1) is 25.3. The van der Waals surface area contributed by atoms with Crippen molar-refractivity contribution in [1.29, 1.82) is 0 Å². The van der Waals surface area contributed by atoms with Gasteiger partial charge in [0.2, 0.25) is 11.8 Å². The summed E-state index contributed by atoms with van der Waals surface area (Å²) in [6.45, 7) is 0. The van der Waals surface area contributed by atoms with Gasteiger partial charge in [-0.1, -0.05) is 35.3 Å². The molecule has 0 amide bonds. The van der Waals surface area contributed by atoms with Crippen molar-refractivity contribution >= 4 is 45.0 Å². The molecule has 202 valence electrons. The molecule has 0 saturated carbocycles. The second-order valence-corrected chi connectivity index (χ2v) is 10.6. The second kappa shape index (κ2) is 10.0.